The second kappa shape index (κ2) is 18.5. The molecule has 0 spiro atoms. The van der Waals surface area contributed by atoms with Crippen LogP contribution in [0.2, 0.25) is 0 Å². The van der Waals surface area contributed by atoms with Crippen molar-refractivity contribution in [3.63, 3.8) is 0 Å². The molecule has 0 bridgehead atoms. The number of aliphatic carboxylic acids is 1. The second-order valence-electron chi connectivity index (χ2n) is 16.4. The van der Waals surface area contributed by atoms with Crippen molar-refractivity contribution >= 4 is 52.3 Å². The molecular formula is C41H59N7O8. The predicted molar refractivity (Wildman–Crippen MR) is 213 cm³/mol. The first-order valence-electron chi connectivity index (χ1n) is 18.8. The molecule has 56 heavy (non-hydrogen) atoms. The van der Waals surface area contributed by atoms with Crippen molar-refractivity contribution in [2.24, 2.45) is 18.4 Å². The maximum Gasteiger partial charge on any atom is 0.326 e. The predicted octanol–water partition coefficient (Wildman–Crippen LogP) is 2.39. The largest absolute Gasteiger partial charge is 0.480 e. The zero-order valence-electron chi connectivity index (χ0n) is 34.5. The van der Waals surface area contributed by atoms with E-state index in [-0.39, 0.29) is 49.2 Å². The smallest absolute Gasteiger partial charge is 0.326 e. The third-order valence-electron chi connectivity index (χ3n) is 10.3. The topological polar surface area (TPSA) is 199 Å². The number of likely N-dealkylation sites (N-methyl/N-ethyl adjacent to an activating group) is 2. The summed E-state index contributed by atoms with van der Waals surface area (Å²) >= 11 is 0. The minimum Gasteiger partial charge on any atom is -0.480 e. The molecule has 0 aliphatic carbocycles. The van der Waals surface area contributed by atoms with Gasteiger partial charge < -0.3 is 35.8 Å². The molecule has 2 aromatic rings. The van der Waals surface area contributed by atoms with E-state index in [4.69, 9.17) is 0 Å². The molecule has 1 aliphatic rings. The van der Waals surface area contributed by atoms with Crippen LogP contribution in [0.4, 0.5) is 0 Å². The second-order valence-corrected chi connectivity index (χ2v) is 16.4. The van der Waals surface area contributed by atoms with Gasteiger partial charge in [0.15, 0.2) is 0 Å². The number of nitrogens with one attached hydrogen (secondary N) is 4. The van der Waals surface area contributed by atoms with Crippen LogP contribution >= 0.6 is 0 Å². The third-order valence-corrected chi connectivity index (χ3v) is 10.3. The number of aryl methyl sites for hydroxylation is 1. The van der Waals surface area contributed by atoms with Crippen LogP contribution < -0.4 is 21.3 Å². The highest BCUT2D eigenvalue weighted by atomic mass is 16.4. The number of carboxylic acid groups (broad SMARTS) is 1. The number of fused-ring (bicyclic) bond motifs is 1. The molecule has 5 N–H and O–H groups in total. The van der Waals surface area contributed by atoms with Gasteiger partial charge in [0, 0.05) is 73.8 Å². The number of carboxylic acids is 1. The van der Waals surface area contributed by atoms with Crippen molar-refractivity contribution in [1.29, 1.82) is 0 Å². The van der Waals surface area contributed by atoms with Crippen molar-refractivity contribution in [2.45, 2.75) is 97.8 Å². The number of para-hydroxylation sites is 1. The Hall–Kier alpha value is -5.31. The lowest BCUT2D eigenvalue weighted by molar-refractivity contribution is -0.142. The Morgan fingerprint density at radius 3 is 2.11 bits per heavy atom. The van der Waals surface area contributed by atoms with Crippen molar-refractivity contribution in [3.05, 3.63) is 59.8 Å². The van der Waals surface area contributed by atoms with Gasteiger partial charge in [-0.15, -0.1) is 0 Å². The van der Waals surface area contributed by atoms with Gasteiger partial charge >= 0.3 is 5.97 Å². The van der Waals surface area contributed by atoms with Gasteiger partial charge in [0.05, 0.1) is 12.1 Å². The lowest BCUT2D eigenvalue weighted by atomic mass is 9.76. The summed E-state index contributed by atoms with van der Waals surface area (Å²) in [5.41, 5.74) is 0.793. The lowest BCUT2D eigenvalue weighted by Gasteiger charge is -2.39. The highest BCUT2D eigenvalue weighted by Crippen LogP contribution is 2.35. The highest BCUT2D eigenvalue weighted by Gasteiger charge is 2.42. The molecule has 6 amide bonds. The summed E-state index contributed by atoms with van der Waals surface area (Å²) in [6.45, 7) is 14.8. The summed E-state index contributed by atoms with van der Waals surface area (Å²) in [6.07, 6.45) is 5.45. The number of rotatable bonds is 18. The van der Waals surface area contributed by atoms with Crippen LogP contribution in [-0.4, -0.2) is 112 Å². The van der Waals surface area contributed by atoms with Crippen LogP contribution in [0.3, 0.4) is 0 Å². The average Bonchev–Trinajstić information content (AvgIpc) is 3.63. The Bertz CT molecular complexity index is 1870. The molecule has 0 fully saturated rings. The van der Waals surface area contributed by atoms with Gasteiger partial charge in [-0.2, -0.15) is 0 Å². The molecule has 15 heteroatoms. The summed E-state index contributed by atoms with van der Waals surface area (Å²) in [6, 6.07) is 4.33. The van der Waals surface area contributed by atoms with E-state index in [2.05, 4.69) is 21.3 Å². The number of imide groups is 1. The highest BCUT2D eigenvalue weighted by molar-refractivity contribution is 6.12. The van der Waals surface area contributed by atoms with E-state index in [1.807, 2.05) is 90.5 Å². The number of hydrogen-bond acceptors (Lipinski definition) is 8. The van der Waals surface area contributed by atoms with Crippen LogP contribution in [0.1, 0.15) is 73.8 Å². The summed E-state index contributed by atoms with van der Waals surface area (Å²) in [5.74, 6) is -4.38. The maximum atomic E-state index is 14.3. The molecule has 4 atom stereocenters. The fourth-order valence-electron chi connectivity index (χ4n) is 6.99. The standard InChI is InChI=1S/C41H59N7O8/c1-24(2)30(22-25(3)36(52)44-28(39(55)56)16-17-31(49)43-20-21-48-32(50)18-19-33(48)51)47(11)38(54)35(40(4,5)6)45-37(53)34(42-9)41(7,8)27-23-46(10)29-15-13-12-14-26(27)29/h12-15,18-19,22-24,28,30,34-35,42H,16-17,20-21H2,1-11H3,(H,43,49)(H,44,52)(H,45,53)(H,55,56)/b25-22+/t28-,30-,34-,35-/m1/s1. The van der Waals surface area contributed by atoms with E-state index in [9.17, 15) is 38.7 Å². The van der Waals surface area contributed by atoms with E-state index >= 15 is 0 Å². The van der Waals surface area contributed by atoms with Gasteiger partial charge in [0.1, 0.15) is 12.1 Å². The first-order chi connectivity index (χ1) is 26.0. The Morgan fingerprint density at radius 1 is 0.946 bits per heavy atom. The van der Waals surface area contributed by atoms with Crippen LogP contribution in [0, 0.1) is 11.3 Å². The molecule has 15 nitrogen and oxygen atoms in total. The fourth-order valence-corrected chi connectivity index (χ4v) is 6.99. The monoisotopic (exact) mass is 777 g/mol. The SMILES string of the molecule is CN[C@H](C(=O)N[C@H](C(=O)N(C)[C@H](/C=C(\C)C(=O)N[C@H](CCC(=O)NCCN1C(=O)C=CC1=O)C(=O)O)C(C)C)C(C)(C)C)C(C)(C)c1cn(C)c2ccccc12. The minimum atomic E-state index is -1.39. The number of amides is 6. The van der Waals surface area contributed by atoms with Gasteiger partial charge in [-0.1, -0.05) is 72.7 Å². The van der Waals surface area contributed by atoms with E-state index in [1.54, 1.807) is 20.2 Å². The van der Waals surface area contributed by atoms with Gasteiger partial charge in [0.2, 0.25) is 23.6 Å². The van der Waals surface area contributed by atoms with Crippen molar-refractivity contribution in [2.75, 3.05) is 27.2 Å². The molecule has 1 aromatic heterocycles. The molecule has 1 aromatic carbocycles. The number of hydrogen-bond donors (Lipinski definition) is 5. The van der Waals surface area contributed by atoms with Gasteiger partial charge in [-0.05, 0) is 43.4 Å². The Labute approximate surface area is 329 Å². The normalized spacial score (nSPS) is 15.8. The van der Waals surface area contributed by atoms with Gasteiger partial charge in [-0.25, -0.2) is 4.79 Å². The van der Waals surface area contributed by atoms with E-state index in [0.717, 1.165) is 33.5 Å². The Kier molecular flexibility index (Phi) is 14.9. The summed E-state index contributed by atoms with van der Waals surface area (Å²) in [7, 11) is 5.29. The molecule has 0 saturated carbocycles. The Morgan fingerprint density at radius 2 is 1.55 bits per heavy atom. The van der Waals surface area contributed by atoms with Crippen molar-refractivity contribution < 1.29 is 38.7 Å². The summed E-state index contributed by atoms with van der Waals surface area (Å²) < 4.78 is 2.03. The van der Waals surface area contributed by atoms with Crippen LogP contribution in [-0.2, 0) is 46.0 Å². The molecule has 3 rings (SSSR count). The molecule has 306 valence electrons. The Balaban J connectivity index is 1.72. The number of carbonyl (C=O) groups is 7. The molecule has 0 unspecified atom stereocenters. The first-order valence-corrected chi connectivity index (χ1v) is 18.8. The molecule has 2 heterocycles. The quantitative estimate of drug-likeness (QED) is 0.111. The zero-order valence-corrected chi connectivity index (χ0v) is 34.5. The molecule has 0 saturated heterocycles. The van der Waals surface area contributed by atoms with E-state index in [0.29, 0.717) is 0 Å². The summed E-state index contributed by atoms with van der Waals surface area (Å²) in [4.78, 5) is 92.0. The number of aromatic nitrogens is 1. The van der Waals surface area contributed by atoms with Crippen molar-refractivity contribution in [1.82, 2.24) is 35.6 Å². The number of benzene rings is 1. The molecule has 1 aliphatic heterocycles. The number of carbonyl (C=O) groups excluding carboxylic acids is 6. The molecule has 0 radical (unpaired) electrons. The third kappa shape index (κ3) is 10.7. The zero-order chi connectivity index (χ0) is 42.3. The lowest BCUT2D eigenvalue weighted by Crippen LogP contribution is -2.61. The van der Waals surface area contributed by atoms with Gasteiger partial charge in [-0.3, -0.25) is 33.7 Å². The fraction of sp³-hybridized carbons (Fsp3) is 0.537. The van der Waals surface area contributed by atoms with Crippen LogP contribution in [0.5, 0.6) is 0 Å². The van der Waals surface area contributed by atoms with E-state index in [1.165, 1.54) is 11.8 Å². The minimum absolute atomic E-state index is 0.00825. The molecular weight excluding hydrogens is 718 g/mol. The van der Waals surface area contributed by atoms with Gasteiger partial charge in [0.25, 0.3) is 11.8 Å². The van der Waals surface area contributed by atoms with Crippen LogP contribution in [0.15, 0.2) is 54.3 Å². The summed E-state index contributed by atoms with van der Waals surface area (Å²) in [5, 5.41) is 22.1. The van der Waals surface area contributed by atoms with Crippen LogP contribution in [0.25, 0.3) is 10.9 Å². The maximum absolute atomic E-state index is 14.3. The van der Waals surface area contributed by atoms with E-state index < -0.39 is 64.6 Å². The average molecular weight is 778 g/mol. The van der Waals surface area contributed by atoms with Crippen molar-refractivity contribution in [3.8, 4) is 0 Å². The number of nitrogens with zero attached hydrogens (tertiary/aromatic N) is 3. The first kappa shape index (κ1) is 45.1.